The van der Waals surface area contributed by atoms with E-state index in [1.54, 1.807) is 14.2 Å². The molecule has 2 aromatic carbocycles. The van der Waals surface area contributed by atoms with Gasteiger partial charge in [-0.15, -0.1) is 0 Å². The molecule has 31 heavy (non-hydrogen) atoms. The Morgan fingerprint density at radius 3 is 2.52 bits per heavy atom. The zero-order valence-corrected chi connectivity index (χ0v) is 19.3. The lowest BCUT2D eigenvalue weighted by molar-refractivity contribution is 0.295. The van der Waals surface area contributed by atoms with Crippen molar-refractivity contribution in [3.8, 4) is 11.5 Å². The average molecular weight is 426 g/mol. The first kappa shape index (κ1) is 22.7. The predicted octanol–water partition coefficient (Wildman–Crippen LogP) is 2.75. The van der Waals surface area contributed by atoms with Crippen LogP contribution in [0.4, 0.5) is 5.69 Å². The summed E-state index contributed by atoms with van der Waals surface area (Å²) in [4.78, 5) is 9.05. The first-order chi connectivity index (χ1) is 15.0. The first-order valence-corrected chi connectivity index (χ1v) is 10.7. The third kappa shape index (κ3) is 5.82. The van der Waals surface area contributed by atoms with Gasteiger partial charge in [0.1, 0.15) is 0 Å². The van der Waals surface area contributed by atoms with Gasteiger partial charge in [0.25, 0.3) is 0 Å². The van der Waals surface area contributed by atoms with Crippen molar-refractivity contribution in [3.05, 3.63) is 54.1 Å². The molecule has 0 aromatic heterocycles. The minimum absolute atomic E-state index is 0.155. The highest BCUT2D eigenvalue weighted by Gasteiger charge is 2.24. The van der Waals surface area contributed by atoms with Crippen LogP contribution in [0.2, 0.25) is 0 Å². The van der Waals surface area contributed by atoms with E-state index in [-0.39, 0.29) is 6.04 Å². The summed E-state index contributed by atoms with van der Waals surface area (Å²) in [6.45, 7) is 2.74. The predicted molar refractivity (Wildman–Crippen MR) is 128 cm³/mol. The van der Waals surface area contributed by atoms with E-state index < -0.39 is 0 Å². The number of hydrogen-bond acceptors (Lipinski definition) is 5. The van der Waals surface area contributed by atoms with Gasteiger partial charge in [0.15, 0.2) is 17.5 Å². The van der Waals surface area contributed by atoms with E-state index in [0.717, 1.165) is 49.1 Å². The van der Waals surface area contributed by atoms with Crippen LogP contribution in [0.1, 0.15) is 18.0 Å². The third-order valence-electron chi connectivity index (χ3n) is 5.75. The molecule has 0 spiro atoms. The number of ether oxygens (including phenoxy) is 2. The highest BCUT2D eigenvalue weighted by atomic mass is 16.5. The molecule has 3 rings (SSSR count). The number of rotatable bonds is 8. The Hall–Kier alpha value is -2.93. The molecule has 2 unspecified atom stereocenters. The van der Waals surface area contributed by atoms with E-state index in [1.165, 1.54) is 5.69 Å². The van der Waals surface area contributed by atoms with Crippen LogP contribution < -0.4 is 25.0 Å². The maximum Gasteiger partial charge on any atom is 0.191 e. The molecule has 0 amide bonds. The van der Waals surface area contributed by atoms with E-state index in [9.17, 15) is 0 Å². The monoisotopic (exact) mass is 425 g/mol. The minimum atomic E-state index is 0.155. The number of anilines is 1. The molecule has 2 atom stereocenters. The number of hydrogen-bond donors (Lipinski definition) is 2. The van der Waals surface area contributed by atoms with Gasteiger partial charge >= 0.3 is 0 Å². The molecule has 7 nitrogen and oxygen atoms in total. The van der Waals surface area contributed by atoms with Crippen molar-refractivity contribution < 1.29 is 9.47 Å². The van der Waals surface area contributed by atoms with Gasteiger partial charge in [-0.3, -0.25) is 4.99 Å². The fourth-order valence-corrected chi connectivity index (χ4v) is 3.99. The largest absolute Gasteiger partial charge is 0.493 e. The number of guanidine groups is 1. The van der Waals surface area contributed by atoms with Crippen LogP contribution in [0.5, 0.6) is 11.5 Å². The molecule has 168 valence electrons. The van der Waals surface area contributed by atoms with Crippen molar-refractivity contribution in [2.24, 2.45) is 4.99 Å². The normalized spacial score (nSPS) is 17.5. The fraction of sp³-hybridized carbons (Fsp3) is 0.458. The Morgan fingerprint density at radius 1 is 1.13 bits per heavy atom. The molecular formula is C24H35N5O2. The van der Waals surface area contributed by atoms with E-state index in [1.807, 2.05) is 19.2 Å². The van der Waals surface area contributed by atoms with Crippen molar-refractivity contribution in [1.29, 1.82) is 0 Å². The molecule has 0 bridgehead atoms. The van der Waals surface area contributed by atoms with Gasteiger partial charge in [-0.05, 0) is 50.3 Å². The summed E-state index contributed by atoms with van der Waals surface area (Å²) in [5.41, 5.74) is 2.43. The van der Waals surface area contributed by atoms with Crippen molar-refractivity contribution in [2.45, 2.75) is 18.5 Å². The number of methoxy groups -OCH3 is 2. The highest BCUT2D eigenvalue weighted by molar-refractivity contribution is 5.80. The number of para-hydroxylation sites is 1. The Kier molecular flexibility index (Phi) is 8.00. The average Bonchev–Trinajstić information content (AvgIpc) is 3.27. The zero-order valence-electron chi connectivity index (χ0n) is 19.3. The third-order valence-corrected chi connectivity index (χ3v) is 5.75. The highest BCUT2D eigenvalue weighted by Crippen LogP contribution is 2.31. The fourth-order valence-electron chi connectivity index (χ4n) is 3.99. The molecule has 2 N–H and O–H groups in total. The van der Waals surface area contributed by atoms with Crippen LogP contribution in [-0.2, 0) is 0 Å². The summed E-state index contributed by atoms with van der Waals surface area (Å²) in [7, 11) is 9.29. The van der Waals surface area contributed by atoms with Gasteiger partial charge in [0, 0.05) is 38.4 Å². The molecule has 1 fully saturated rings. The van der Waals surface area contributed by atoms with E-state index in [2.05, 4.69) is 75.9 Å². The van der Waals surface area contributed by atoms with Gasteiger partial charge in [-0.2, -0.15) is 0 Å². The molecule has 1 aliphatic heterocycles. The smallest absolute Gasteiger partial charge is 0.191 e. The van der Waals surface area contributed by atoms with Crippen LogP contribution in [0.25, 0.3) is 0 Å². The van der Waals surface area contributed by atoms with Gasteiger partial charge in [-0.25, -0.2) is 0 Å². The SMILES string of the molecule is CN=C(NCC(c1ccc(OC)c(OC)c1)N(C)C)NC1CCN(c2ccccc2)C1. The maximum absolute atomic E-state index is 5.48. The lowest BCUT2D eigenvalue weighted by Gasteiger charge is -2.27. The molecule has 2 aromatic rings. The minimum Gasteiger partial charge on any atom is -0.493 e. The van der Waals surface area contributed by atoms with Crippen LogP contribution in [0, 0.1) is 0 Å². The Bertz CT molecular complexity index is 856. The summed E-state index contributed by atoms with van der Waals surface area (Å²) in [5.74, 6) is 2.30. The van der Waals surface area contributed by atoms with Crippen molar-refractivity contribution in [2.75, 3.05) is 59.9 Å². The topological polar surface area (TPSA) is 61.4 Å². The Labute approximate surface area is 186 Å². The molecule has 0 saturated carbocycles. The van der Waals surface area contributed by atoms with Crippen LogP contribution in [0.15, 0.2) is 53.5 Å². The number of aliphatic imine (C=N–C) groups is 1. The Morgan fingerprint density at radius 2 is 1.87 bits per heavy atom. The maximum atomic E-state index is 5.48. The molecule has 0 radical (unpaired) electrons. The quantitative estimate of drug-likeness (QED) is 0.501. The van der Waals surface area contributed by atoms with Gasteiger partial charge in [0.2, 0.25) is 0 Å². The van der Waals surface area contributed by atoms with E-state index in [0.29, 0.717) is 6.04 Å². The van der Waals surface area contributed by atoms with Crippen molar-refractivity contribution >= 4 is 11.6 Å². The van der Waals surface area contributed by atoms with Crippen LogP contribution in [0.3, 0.4) is 0 Å². The van der Waals surface area contributed by atoms with Crippen molar-refractivity contribution in [1.82, 2.24) is 15.5 Å². The first-order valence-electron chi connectivity index (χ1n) is 10.7. The summed E-state index contributed by atoms with van der Waals surface area (Å²) < 4.78 is 10.9. The molecule has 0 aliphatic carbocycles. The molecule has 1 heterocycles. The molecule has 1 saturated heterocycles. The second-order valence-corrected chi connectivity index (χ2v) is 7.96. The van der Waals surface area contributed by atoms with E-state index in [4.69, 9.17) is 9.47 Å². The molecule has 7 heteroatoms. The summed E-state index contributed by atoms with van der Waals surface area (Å²) in [5, 5.41) is 7.09. The van der Waals surface area contributed by atoms with Gasteiger partial charge < -0.3 is 29.9 Å². The molecular weight excluding hydrogens is 390 g/mol. The van der Waals surface area contributed by atoms with Gasteiger partial charge in [0.05, 0.1) is 20.3 Å². The number of nitrogens with zero attached hydrogens (tertiary/aromatic N) is 3. The van der Waals surface area contributed by atoms with E-state index >= 15 is 0 Å². The Balaban J connectivity index is 1.60. The number of benzene rings is 2. The van der Waals surface area contributed by atoms with Crippen molar-refractivity contribution in [3.63, 3.8) is 0 Å². The standard InChI is InChI=1S/C24H35N5O2/c1-25-24(27-19-13-14-29(17-19)20-9-7-6-8-10-20)26-16-21(28(2)3)18-11-12-22(30-4)23(15-18)31-5/h6-12,15,19,21H,13-14,16-17H2,1-5H3,(H2,25,26,27). The number of nitrogens with one attached hydrogen (secondary N) is 2. The zero-order chi connectivity index (χ0) is 22.2. The lowest BCUT2D eigenvalue weighted by atomic mass is 10.1. The summed E-state index contributed by atoms with van der Waals surface area (Å²) >= 11 is 0. The lowest BCUT2D eigenvalue weighted by Crippen LogP contribution is -2.46. The summed E-state index contributed by atoms with van der Waals surface area (Å²) in [6, 6.07) is 17.2. The second kappa shape index (κ2) is 10.9. The van der Waals surface area contributed by atoms with Crippen LogP contribution >= 0.6 is 0 Å². The second-order valence-electron chi connectivity index (χ2n) is 7.96. The van der Waals surface area contributed by atoms with Crippen LogP contribution in [-0.4, -0.2) is 71.9 Å². The molecule has 1 aliphatic rings. The number of likely N-dealkylation sites (N-methyl/N-ethyl adjacent to an activating group) is 1. The summed E-state index contributed by atoms with van der Waals surface area (Å²) in [6.07, 6.45) is 1.09. The van der Waals surface area contributed by atoms with Gasteiger partial charge in [-0.1, -0.05) is 24.3 Å².